The van der Waals surface area contributed by atoms with Crippen molar-refractivity contribution in [3.63, 3.8) is 0 Å². The lowest BCUT2D eigenvalue weighted by atomic mass is 9.35. The molecule has 3 N–H and O–H groups in total. The molecule has 0 heterocycles. The van der Waals surface area contributed by atoms with Crippen LogP contribution in [-0.4, -0.2) is 49.8 Å². The quantitative estimate of drug-likeness (QED) is 0.396. The van der Waals surface area contributed by atoms with Crippen molar-refractivity contribution in [1.29, 1.82) is 0 Å². The first-order valence-electron chi connectivity index (χ1n) is 14.7. The highest BCUT2D eigenvalue weighted by Crippen LogP contribution is 2.77. The van der Waals surface area contributed by atoms with Crippen LogP contribution < -0.4 is 0 Å². The second-order valence-corrected chi connectivity index (χ2v) is 15.4. The fraction of sp³-hybridized carbons (Fsp3) is 0.758. The Hall–Kier alpha value is -2.12. The van der Waals surface area contributed by atoms with Gasteiger partial charge in [0.2, 0.25) is 0 Å². The number of carboxylic acid groups (broad SMARTS) is 1. The van der Waals surface area contributed by atoms with E-state index in [1.807, 2.05) is 41.5 Å². The molecule has 0 bridgehead atoms. The number of ketones is 3. The lowest BCUT2D eigenvalue weighted by Crippen LogP contribution is -2.68. The SMILES string of the molecule is C/C(=C/C(=O)CC(C)C(=O)O)C1C[C@](C)(O)[C@@]2(C)C3=C(C(=O)C[C@]12C)C1(C)CCC(=O)C(C)(C)[C@]1(C)C[C@@]3(C)O. The van der Waals surface area contributed by atoms with Crippen LogP contribution in [0.15, 0.2) is 22.8 Å². The first kappa shape index (κ1) is 30.8. The van der Waals surface area contributed by atoms with E-state index in [1.54, 1.807) is 13.8 Å². The van der Waals surface area contributed by atoms with Gasteiger partial charge in [0.05, 0.1) is 17.1 Å². The summed E-state index contributed by atoms with van der Waals surface area (Å²) in [6.45, 7) is 18.8. The standard InChI is InChI=1S/C33H48O7/c1-18(13-20(34)14-19(2)26(37)38)21-15-32(9,40)33(10)25-24(22(35)16-29(21,33)6)28(5)12-11-23(36)27(3,4)31(28,8)17-30(25,7)39/h13,19,21,39-40H,11-12,14-17H2,1-10H3,(H,37,38)/b18-13-/t19?,21?,28?,29-,30-,31+,32+,33+/m1/s1. The minimum absolute atomic E-state index is 0.0600. The van der Waals surface area contributed by atoms with Gasteiger partial charge < -0.3 is 15.3 Å². The van der Waals surface area contributed by atoms with Gasteiger partial charge in [-0.3, -0.25) is 19.2 Å². The topological polar surface area (TPSA) is 129 Å². The molecule has 4 aliphatic carbocycles. The predicted octanol–water partition coefficient (Wildman–Crippen LogP) is 5.22. The fourth-order valence-electron chi connectivity index (χ4n) is 9.86. The van der Waals surface area contributed by atoms with Crippen LogP contribution in [0.3, 0.4) is 0 Å². The average Bonchev–Trinajstić information content (AvgIpc) is 2.96. The number of aliphatic hydroxyl groups is 2. The summed E-state index contributed by atoms with van der Waals surface area (Å²) >= 11 is 0. The zero-order chi connectivity index (χ0) is 30.6. The summed E-state index contributed by atoms with van der Waals surface area (Å²) in [6, 6.07) is 0. The van der Waals surface area contributed by atoms with E-state index in [-0.39, 0.29) is 42.5 Å². The smallest absolute Gasteiger partial charge is 0.306 e. The third kappa shape index (κ3) is 3.62. The molecule has 2 saturated carbocycles. The third-order valence-corrected chi connectivity index (χ3v) is 12.9. The minimum atomic E-state index is -1.45. The van der Waals surface area contributed by atoms with Crippen molar-refractivity contribution < 1.29 is 34.5 Å². The number of carbonyl (C=O) groups is 4. The Kier molecular flexibility index (Phi) is 6.70. The lowest BCUT2D eigenvalue weighted by molar-refractivity contribution is -0.175. The van der Waals surface area contributed by atoms with Crippen molar-refractivity contribution >= 4 is 23.3 Å². The summed E-state index contributed by atoms with van der Waals surface area (Å²) in [5, 5.41) is 33.8. The van der Waals surface area contributed by atoms with Crippen molar-refractivity contribution in [2.24, 2.45) is 38.9 Å². The maximum absolute atomic E-state index is 14.4. The molecule has 8 atom stereocenters. The van der Waals surface area contributed by atoms with E-state index in [9.17, 15) is 34.5 Å². The van der Waals surface area contributed by atoms with Crippen LogP contribution >= 0.6 is 0 Å². The molecule has 3 unspecified atom stereocenters. The zero-order valence-corrected chi connectivity index (χ0v) is 25.9. The number of carboxylic acids is 1. The maximum atomic E-state index is 14.4. The molecule has 0 spiro atoms. The highest BCUT2D eigenvalue weighted by atomic mass is 16.4. The van der Waals surface area contributed by atoms with Crippen LogP contribution in [0.1, 0.15) is 108 Å². The number of fused-ring (bicyclic) bond motifs is 4. The molecule has 0 radical (unpaired) electrons. The molecular formula is C33H48O7. The Labute approximate surface area is 238 Å². The van der Waals surface area contributed by atoms with Crippen LogP contribution in [0.2, 0.25) is 0 Å². The Balaban J connectivity index is 1.93. The summed E-state index contributed by atoms with van der Waals surface area (Å²) in [7, 11) is 0. The van der Waals surface area contributed by atoms with Gasteiger partial charge >= 0.3 is 5.97 Å². The summed E-state index contributed by atoms with van der Waals surface area (Å²) in [4.78, 5) is 51.7. The van der Waals surface area contributed by atoms with Crippen molar-refractivity contribution in [2.45, 2.75) is 119 Å². The van der Waals surface area contributed by atoms with E-state index in [0.29, 0.717) is 36.0 Å². The Bertz CT molecular complexity index is 1270. The maximum Gasteiger partial charge on any atom is 0.306 e. The molecular weight excluding hydrogens is 508 g/mol. The molecule has 222 valence electrons. The van der Waals surface area contributed by atoms with Gasteiger partial charge in [0.15, 0.2) is 11.6 Å². The molecule has 0 saturated heterocycles. The molecule has 7 heteroatoms. The average molecular weight is 557 g/mol. The van der Waals surface area contributed by atoms with Gasteiger partial charge in [-0.05, 0) is 68.4 Å². The number of aliphatic carboxylic acids is 1. The fourth-order valence-corrected chi connectivity index (χ4v) is 9.86. The van der Waals surface area contributed by atoms with Crippen LogP contribution in [0.25, 0.3) is 0 Å². The van der Waals surface area contributed by atoms with Gasteiger partial charge in [-0.1, -0.05) is 54.0 Å². The first-order chi connectivity index (χ1) is 17.9. The molecule has 0 aliphatic heterocycles. The largest absolute Gasteiger partial charge is 0.481 e. The Morgan fingerprint density at radius 2 is 1.60 bits per heavy atom. The van der Waals surface area contributed by atoms with E-state index in [0.717, 1.165) is 0 Å². The summed E-state index contributed by atoms with van der Waals surface area (Å²) in [5.41, 5.74) is -4.77. The number of hydrogen-bond acceptors (Lipinski definition) is 6. The molecule has 0 aromatic carbocycles. The predicted molar refractivity (Wildman–Crippen MR) is 151 cm³/mol. The highest BCUT2D eigenvalue weighted by Gasteiger charge is 2.76. The number of allylic oxidation sites excluding steroid dienone is 3. The zero-order valence-electron chi connectivity index (χ0n) is 25.9. The minimum Gasteiger partial charge on any atom is -0.481 e. The molecule has 4 rings (SSSR count). The highest BCUT2D eigenvalue weighted by molar-refractivity contribution is 6.02. The monoisotopic (exact) mass is 556 g/mol. The van der Waals surface area contributed by atoms with Gasteiger partial charge in [0.25, 0.3) is 0 Å². The second-order valence-electron chi connectivity index (χ2n) is 15.4. The Morgan fingerprint density at radius 1 is 1.02 bits per heavy atom. The molecule has 0 aromatic rings. The molecule has 7 nitrogen and oxygen atoms in total. The normalized spacial score (nSPS) is 45.5. The Morgan fingerprint density at radius 3 is 2.15 bits per heavy atom. The van der Waals surface area contributed by atoms with E-state index in [2.05, 4.69) is 6.92 Å². The van der Waals surface area contributed by atoms with Gasteiger partial charge in [0, 0.05) is 41.1 Å². The van der Waals surface area contributed by atoms with Gasteiger partial charge in [-0.15, -0.1) is 0 Å². The number of rotatable bonds is 5. The molecule has 2 fully saturated rings. The van der Waals surface area contributed by atoms with Crippen molar-refractivity contribution in [2.75, 3.05) is 0 Å². The van der Waals surface area contributed by atoms with Crippen LogP contribution in [0.5, 0.6) is 0 Å². The summed E-state index contributed by atoms with van der Waals surface area (Å²) < 4.78 is 0. The van der Waals surface area contributed by atoms with Crippen LogP contribution in [0, 0.1) is 38.9 Å². The number of Topliss-reactive ketones (excluding diaryl/α,β-unsaturated/α-hetero) is 2. The van der Waals surface area contributed by atoms with Crippen molar-refractivity contribution in [3.05, 3.63) is 22.8 Å². The first-order valence-corrected chi connectivity index (χ1v) is 14.7. The molecule has 0 aromatic heterocycles. The van der Waals surface area contributed by atoms with E-state index >= 15 is 0 Å². The number of carbonyl (C=O) groups excluding carboxylic acids is 3. The van der Waals surface area contributed by atoms with Crippen LogP contribution in [-0.2, 0) is 19.2 Å². The third-order valence-electron chi connectivity index (χ3n) is 12.9. The summed E-state index contributed by atoms with van der Waals surface area (Å²) in [5.74, 6) is -2.40. The summed E-state index contributed by atoms with van der Waals surface area (Å²) in [6.07, 6.45) is 2.95. The molecule has 0 amide bonds. The molecule has 40 heavy (non-hydrogen) atoms. The van der Waals surface area contributed by atoms with Crippen molar-refractivity contribution in [1.82, 2.24) is 0 Å². The van der Waals surface area contributed by atoms with Gasteiger partial charge in [0.1, 0.15) is 5.78 Å². The second kappa shape index (κ2) is 8.70. The van der Waals surface area contributed by atoms with Crippen LogP contribution in [0.4, 0.5) is 0 Å². The van der Waals surface area contributed by atoms with Crippen molar-refractivity contribution in [3.8, 4) is 0 Å². The van der Waals surface area contributed by atoms with E-state index in [1.165, 1.54) is 13.0 Å². The van der Waals surface area contributed by atoms with Gasteiger partial charge in [-0.25, -0.2) is 0 Å². The lowest BCUT2D eigenvalue weighted by Gasteiger charge is -2.68. The van der Waals surface area contributed by atoms with E-state index in [4.69, 9.17) is 0 Å². The molecule has 4 aliphatic rings. The van der Waals surface area contributed by atoms with Gasteiger partial charge in [-0.2, -0.15) is 0 Å². The van der Waals surface area contributed by atoms with E-state index < -0.39 is 50.2 Å². The number of hydrogen-bond donors (Lipinski definition) is 3.